The van der Waals surface area contributed by atoms with E-state index < -0.39 is 5.92 Å². The van der Waals surface area contributed by atoms with Gasteiger partial charge in [-0.05, 0) is 37.5 Å². The molecule has 0 bridgehead atoms. The van der Waals surface area contributed by atoms with Crippen LogP contribution in [0.15, 0.2) is 34.5 Å². The van der Waals surface area contributed by atoms with Crippen LogP contribution in [0.4, 0.5) is 0 Å². The Labute approximate surface area is 141 Å². The van der Waals surface area contributed by atoms with Gasteiger partial charge in [-0.2, -0.15) is 5.26 Å². The average Bonchev–Trinajstić information content (AvgIpc) is 2.60. The third-order valence-corrected chi connectivity index (χ3v) is 4.74. The topological polar surface area (TPSA) is 71.7 Å². The third-order valence-electron chi connectivity index (χ3n) is 4.74. The zero-order valence-corrected chi connectivity index (χ0v) is 14.1. The quantitative estimate of drug-likeness (QED) is 0.854. The highest BCUT2D eigenvalue weighted by molar-refractivity contribution is 6.03. The van der Waals surface area contributed by atoms with Crippen molar-refractivity contribution in [2.45, 2.75) is 32.1 Å². The molecule has 24 heavy (non-hydrogen) atoms. The van der Waals surface area contributed by atoms with E-state index in [9.17, 15) is 10.1 Å². The zero-order valence-electron chi connectivity index (χ0n) is 14.1. The lowest BCUT2D eigenvalue weighted by Crippen LogP contribution is -2.30. The first-order valence-corrected chi connectivity index (χ1v) is 8.03. The maximum absolute atomic E-state index is 12.6. The monoisotopic (exact) mass is 324 g/mol. The maximum Gasteiger partial charge on any atom is 0.161 e. The van der Waals surface area contributed by atoms with Gasteiger partial charge in [0.25, 0.3) is 0 Å². The zero-order chi connectivity index (χ0) is 17.3. The number of ether oxygens (including phenoxy) is 2. The van der Waals surface area contributed by atoms with Gasteiger partial charge in [-0.25, -0.2) is 0 Å². The van der Waals surface area contributed by atoms with Crippen molar-refractivity contribution in [3.63, 3.8) is 0 Å². The van der Waals surface area contributed by atoms with Crippen LogP contribution in [-0.2, 0) is 4.79 Å². The summed E-state index contributed by atoms with van der Waals surface area (Å²) in [5.41, 5.74) is 3.20. The van der Waals surface area contributed by atoms with Crippen molar-refractivity contribution in [2.75, 3.05) is 14.2 Å². The van der Waals surface area contributed by atoms with Crippen LogP contribution in [0.2, 0.25) is 0 Å². The van der Waals surface area contributed by atoms with E-state index in [1.807, 2.05) is 25.1 Å². The Balaban J connectivity index is 2.16. The summed E-state index contributed by atoms with van der Waals surface area (Å²) in [6.07, 6.45) is 2.14. The fourth-order valence-corrected chi connectivity index (χ4v) is 3.58. The normalized spacial score (nSPS) is 23.2. The van der Waals surface area contributed by atoms with E-state index in [0.29, 0.717) is 23.5 Å². The largest absolute Gasteiger partial charge is 0.493 e. The molecule has 0 saturated carbocycles. The molecule has 5 heteroatoms. The van der Waals surface area contributed by atoms with E-state index in [-0.39, 0.29) is 11.7 Å². The molecule has 1 aromatic rings. The van der Waals surface area contributed by atoms with Gasteiger partial charge in [-0.3, -0.25) is 9.79 Å². The fourth-order valence-electron chi connectivity index (χ4n) is 3.58. The number of rotatable bonds is 3. The summed E-state index contributed by atoms with van der Waals surface area (Å²) in [5, 5.41) is 9.68. The number of methoxy groups -OCH3 is 2. The van der Waals surface area contributed by atoms with Gasteiger partial charge in [0.2, 0.25) is 0 Å². The lowest BCUT2D eigenvalue weighted by atomic mass is 9.72. The average molecular weight is 324 g/mol. The number of nitriles is 1. The molecular weight excluding hydrogens is 304 g/mol. The molecule has 1 aromatic carbocycles. The minimum Gasteiger partial charge on any atom is -0.493 e. The molecule has 0 fully saturated rings. The van der Waals surface area contributed by atoms with Crippen molar-refractivity contribution in [2.24, 2.45) is 10.9 Å². The summed E-state index contributed by atoms with van der Waals surface area (Å²) in [7, 11) is 3.16. The van der Waals surface area contributed by atoms with Crippen LogP contribution in [0.1, 0.15) is 37.7 Å². The second-order valence-corrected chi connectivity index (χ2v) is 6.09. The van der Waals surface area contributed by atoms with Crippen LogP contribution < -0.4 is 9.47 Å². The van der Waals surface area contributed by atoms with E-state index in [2.05, 4.69) is 11.1 Å². The predicted octanol–water partition coefficient (Wildman–Crippen LogP) is 3.41. The number of carbonyl (C=O) groups excluding carboxylic acids is 1. The predicted molar refractivity (Wildman–Crippen MR) is 90.4 cm³/mol. The Morgan fingerprint density at radius 1 is 1.21 bits per heavy atom. The van der Waals surface area contributed by atoms with Gasteiger partial charge in [-0.1, -0.05) is 6.07 Å². The minimum absolute atomic E-state index is 0.104. The molecule has 0 radical (unpaired) electrons. The fraction of sp³-hybridized carbons (Fsp3) is 0.421. The first kappa shape index (κ1) is 16.3. The van der Waals surface area contributed by atoms with E-state index in [1.165, 1.54) is 0 Å². The lowest BCUT2D eigenvalue weighted by molar-refractivity contribution is -0.116. The summed E-state index contributed by atoms with van der Waals surface area (Å²) in [6.45, 7) is 1.87. The third kappa shape index (κ3) is 2.58. The Hall–Kier alpha value is -2.61. The molecule has 1 aliphatic carbocycles. The Morgan fingerprint density at radius 3 is 2.62 bits per heavy atom. The first-order valence-electron chi connectivity index (χ1n) is 8.03. The van der Waals surface area contributed by atoms with E-state index >= 15 is 0 Å². The second kappa shape index (κ2) is 6.48. The van der Waals surface area contributed by atoms with Crippen LogP contribution in [0.5, 0.6) is 11.5 Å². The van der Waals surface area contributed by atoms with Gasteiger partial charge in [-0.15, -0.1) is 0 Å². The highest BCUT2D eigenvalue weighted by Crippen LogP contribution is 2.44. The molecule has 5 nitrogen and oxygen atoms in total. The Morgan fingerprint density at radius 2 is 1.96 bits per heavy atom. The smallest absolute Gasteiger partial charge is 0.161 e. The van der Waals surface area contributed by atoms with Crippen molar-refractivity contribution in [1.29, 1.82) is 5.26 Å². The van der Waals surface area contributed by atoms with Crippen LogP contribution in [-0.4, -0.2) is 25.7 Å². The molecule has 2 atom stereocenters. The van der Waals surface area contributed by atoms with Gasteiger partial charge in [0.05, 0.1) is 26.2 Å². The summed E-state index contributed by atoms with van der Waals surface area (Å²) < 4.78 is 10.7. The molecule has 124 valence electrons. The SMILES string of the molecule is COc1ccc([C@H]2C3=C(CCCC3=O)N=C(C)C2C#N)cc1OC. The molecule has 2 aliphatic rings. The lowest BCUT2D eigenvalue weighted by Gasteiger charge is -2.32. The summed E-state index contributed by atoms with van der Waals surface area (Å²) in [4.78, 5) is 17.1. The van der Waals surface area contributed by atoms with Crippen LogP contribution in [0.25, 0.3) is 0 Å². The second-order valence-electron chi connectivity index (χ2n) is 6.09. The van der Waals surface area contributed by atoms with Crippen molar-refractivity contribution in [3.8, 4) is 17.6 Å². The van der Waals surface area contributed by atoms with Crippen molar-refractivity contribution in [1.82, 2.24) is 0 Å². The number of carbonyl (C=O) groups is 1. The molecule has 0 spiro atoms. The van der Waals surface area contributed by atoms with Gasteiger partial charge >= 0.3 is 0 Å². The van der Waals surface area contributed by atoms with Crippen molar-refractivity contribution < 1.29 is 14.3 Å². The summed E-state index contributed by atoms with van der Waals surface area (Å²) in [5.74, 6) is 0.587. The number of aliphatic imine (C=N–C) groups is 1. The Bertz CT molecular complexity index is 786. The molecule has 1 unspecified atom stereocenters. The van der Waals surface area contributed by atoms with Crippen LogP contribution in [0, 0.1) is 17.2 Å². The van der Waals surface area contributed by atoms with E-state index in [4.69, 9.17) is 9.47 Å². The molecule has 0 saturated heterocycles. The number of hydrogen-bond acceptors (Lipinski definition) is 5. The maximum atomic E-state index is 12.6. The van der Waals surface area contributed by atoms with Crippen LogP contribution >= 0.6 is 0 Å². The van der Waals surface area contributed by atoms with E-state index in [1.54, 1.807) is 14.2 Å². The van der Waals surface area contributed by atoms with Gasteiger partial charge < -0.3 is 9.47 Å². The standard InChI is InChI=1S/C19H20N2O3/c1-11-13(10-20)18(19-14(21-11)5-4-6-15(19)22)12-7-8-16(23-2)17(9-12)24-3/h7-9,13,18H,4-6H2,1-3H3/t13?,18-/m1/s1. The molecule has 0 amide bonds. The van der Waals surface area contributed by atoms with Gasteiger partial charge in [0, 0.05) is 29.3 Å². The highest BCUT2D eigenvalue weighted by Gasteiger charge is 2.39. The van der Waals surface area contributed by atoms with Crippen molar-refractivity contribution in [3.05, 3.63) is 35.0 Å². The number of Topliss-reactive ketones (excluding diaryl/α,β-unsaturated/α-hetero) is 1. The molecule has 3 rings (SSSR count). The number of benzene rings is 1. The molecule has 1 heterocycles. The number of hydrogen-bond donors (Lipinski definition) is 0. The summed E-state index contributed by atoms with van der Waals surface area (Å²) in [6, 6.07) is 7.91. The number of allylic oxidation sites excluding steroid dienone is 2. The summed E-state index contributed by atoms with van der Waals surface area (Å²) >= 11 is 0. The number of ketones is 1. The highest BCUT2D eigenvalue weighted by atomic mass is 16.5. The molecule has 0 aromatic heterocycles. The Kier molecular flexibility index (Phi) is 4.39. The number of nitrogens with zero attached hydrogens (tertiary/aromatic N) is 2. The molecular formula is C19H20N2O3. The molecule has 1 aliphatic heterocycles. The molecule has 0 N–H and O–H groups in total. The first-order chi connectivity index (χ1) is 11.6. The minimum atomic E-state index is -0.441. The van der Waals surface area contributed by atoms with Gasteiger partial charge in [0.15, 0.2) is 17.3 Å². The van der Waals surface area contributed by atoms with Crippen LogP contribution in [0.3, 0.4) is 0 Å². The van der Waals surface area contributed by atoms with Crippen molar-refractivity contribution >= 4 is 11.5 Å². The van der Waals surface area contributed by atoms with E-state index in [0.717, 1.165) is 29.8 Å². The van der Waals surface area contributed by atoms with Gasteiger partial charge in [0.1, 0.15) is 0 Å².